The van der Waals surface area contributed by atoms with Crippen LogP contribution in [0.15, 0.2) is 0 Å². The molecule has 1 aliphatic heterocycles. The lowest BCUT2D eigenvalue weighted by Gasteiger charge is -2.09. The highest BCUT2D eigenvalue weighted by atomic mass is 16.6. The maximum absolute atomic E-state index is 10.9. The van der Waals surface area contributed by atoms with Crippen LogP contribution in [0.3, 0.4) is 0 Å². The van der Waals surface area contributed by atoms with Crippen LogP contribution in [0.2, 0.25) is 0 Å². The molecule has 0 spiro atoms. The third-order valence-corrected chi connectivity index (χ3v) is 1.81. The molecule has 6 nitrogen and oxygen atoms in total. The van der Waals surface area contributed by atoms with Crippen LogP contribution in [0.25, 0.3) is 0 Å². The van der Waals surface area contributed by atoms with Gasteiger partial charge in [0.25, 0.3) is 0 Å². The van der Waals surface area contributed by atoms with E-state index in [1.54, 1.807) is 14.0 Å². The van der Waals surface area contributed by atoms with Crippen molar-refractivity contribution >= 4 is 12.2 Å². The van der Waals surface area contributed by atoms with Crippen LogP contribution < -0.4 is 5.32 Å². The molecule has 0 bridgehead atoms. The first-order valence-corrected chi connectivity index (χ1v) is 4.46. The Labute approximate surface area is 82.1 Å². The van der Waals surface area contributed by atoms with Crippen molar-refractivity contribution in [2.75, 3.05) is 26.7 Å². The van der Waals surface area contributed by atoms with Crippen LogP contribution in [-0.2, 0) is 9.47 Å². The SMILES string of the molecule is CCOC(=O)NCC1CN(C)C(=O)O1. The fourth-order valence-electron chi connectivity index (χ4n) is 1.14. The van der Waals surface area contributed by atoms with Crippen LogP contribution in [0.5, 0.6) is 0 Å². The summed E-state index contributed by atoms with van der Waals surface area (Å²) in [6, 6.07) is 0. The third-order valence-electron chi connectivity index (χ3n) is 1.81. The van der Waals surface area contributed by atoms with Gasteiger partial charge in [-0.1, -0.05) is 0 Å². The van der Waals surface area contributed by atoms with Crippen LogP contribution in [-0.4, -0.2) is 49.9 Å². The third kappa shape index (κ3) is 2.79. The van der Waals surface area contributed by atoms with Crippen LogP contribution >= 0.6 is 0 Å². The lowest BCUT2D eigenvalue weighted by Crippen LogP contribution is -2.34. The summed E-state index contributed by atoms with van der Waals surface area (Å²) in [5, 5.41) is 2.50. The van der Waals surface area contributed by atoms with Crippen molar-refractivity contribution < 1.29 is 19.1 Å². The Morgan fingerprint density at radius 3 is 3.00 bits per heavy atom. The van der Waals surface area contributed by atoms with Gasteiger partial charge in [0.15, 0.2) is 0 Å². The van der Waals surface area contributed by atoms with Gasteiger partial charge < -0.3 is 19.7 Å². The molecule has 1 aliphatic rings. The minimum Gasteiger partial charge on any atom is -0.450 e. The number of ether oxygens (including phenoxy) is 2. The van der Waals surface area contributed by atoms with Crippen molar-refractivity contribution in [3.63, 3.8) is 0 Å². The molecule has 0 aliphatic carbocycles. The van der Waals surface area contributed by atoms with Gasteiger partial charge in [-0.15, -0.1) is 0 Å². The van der Waals surface area contributed by atoms with Crippen molar-refractivity contribution in [2.45, 2.75) is 13.0 Å². The molecule has 1 heterocycles. The number of cyclic esters (lactones) is 1. The highest BCUT2D eigenvalue weighted by Crippen LogP contribution is 2.07. The first-order chi connectivity index (χ1) is 6.63. The lowest BCUT2D eigenvalue weighted by atomic mass is 10.3. The van der Waals surface area contributed by atoms with E-state index in [2.05, 4.69) is 10.1 Å². The van der Waals surface area contributed by atoms with Crippen LogP contribution in [0.4, 0.5) is 9.59 Å². The number of likely N-dealkylation sites (N-methyl/N-ethyl adjacent to an activating group) is 1. The molecule has 0 aromatic heterocycles. The Kier molecular flexibility index (Phi) is 3.55. The average molecular weight is 202 g/mol. The Balaban J connectivity index is 2.20. The number of carbonyl (C=O) groups is 2. The zero-order chi connectivity index (χ0) is 10.6. The number of hydrogen-bond donors (Lipinski definition) is 1. The van der Waals surface area contributed by atoms with E-state index in [0.29, 0.717) is 13.2 Å². The maximum atomic E-state index is 10.9. The second kappa shape index (κ2) is 4.69. The minimum atomic E-state index is -0.488. The van der Waals surface area contributed by atoms with E-state index < -0.39 is 6.09 Å². The van der Waals surface area contributed by atoms with Gasteiger partial charge in [-0.05, 0) is 6.92 Å². The van der Waals surface area contributed by atoms with Gasteiger partial charge >= 0.3 is 12.2 Å². The van der Waals surface area contributed by atoms with Gasteiger partial charge in [-0.3, -0.25) is 0 Å². The van der Waals surface area contributed by atoms with E-state index in [9.17, 15) is 9.59 Å². The van der Waals surface area contributed by atoms with Crippen molar-refractivity contribution in [3.05, 3.63) is 0 Å². The Morgan fingerprint density at radius 1 is 1.79 bits per heavy atom. The van der Waals surface area contributed by atoms with E-state index in [1.165, 1.54) is 4.90 Å². The van der Waals surface area contributed by atoms with Crippen LogP contribution in [0, 0.1) is 0 Å². The highest BCUT2D eigenvalue weighted by molar-refractivity contribution is 5.70. The van der Waals surface area contributed by atoms with E-state index in [-0.39, 0.29) is 18.7 Å². The topological polar surface area (TPSA) is 67.9 Å². The predicted octanol–water partition coefficient (Wildman–Crippen LogP) is 0.183. The highest BCUT2D eigenvalue weighted by Gasteiger charge is 2.28. The summed E-state index contributed by atoms with van der Waals surface area (Å²) in [5.74, 6) is 0. The molecule has 1 atom stereocenters. The summed E-state index contributed by atoms with van der Waals surface area (Å²) in [7, 11) is 1.65. The molecule has 1 fully saturated rings. The summed E-state index contributed by atoms with van der Waals surface area (Å²) < 4.78 is 9.57. The second-order valence-corrected chi connectivity index (χ2v) is 2.99. The van der Waals surface area contributed by atoms with Crippen LogP contribution in [0.1, 0.15) is 6.92 Å². The van der Waals surface area contributed by atoms with Gasteiger partial charge in [-0.2, -0.15) is 0 Å². The number of nitrogens with one attached hydrogen (secondary N) is 1. The molecular weight excluding hydrogens is 188 g/mol. The summed E-state index contributed by atoms with van der Waals surface area (Å²) in [6.45, 7) is 2.83. The first-order valence-electron chi connectivity index (χ1n) is 4.46. The number of nitrogens with zero attached hydrogens (tertiary/aromatic N) is 1. The zero-order valence-corrected chi connectivity index (χ0v) is 8.28. The van der Waals surface area contributed by atoms with Gasteiger partial charge in [0, 0.05) is 7.05 Å². The van der Waals surface area contributed by atoms with E-state index in [0.717, 1.165) is 0 Å². The quantitative estimate of drug-likeness (QED) is 0.709. The van der Waals surface area contributed by atoms with Crippen molar-refractivity contribution in [1.82, 2.24) is 10.2 Å². The Hall–Kier alpha value is -1.46. The largest absolute Gasteiger partial charge is 0.450 e. The van der Waals surface area contributed by atoms with Crippen molar-refractivity contribution in [1.29, 1.82) is 0 Å². The van der Waals surface area contributed by atoms with Gasteiger partial charge in [0.2, 0.25) is 0 Å². The molecule has 0 aromatic carbocycles. The number of hydrogen-bond acceptors (Lipinski definition) is 4. The summed E-state index contributed by atoms with van der Waals surface area (Å²) in [4.78, 5) is 23.2. The molecule has 1 rings (SSSR count). The molecule has 1 N–H and O–H groups in total. The molecule has 80 valence electrons. The zero-order valence-electron chi connectivity index (χ0n) is 8.28. The summed E-state index contributed by atoms with van der Waals surface area (Å²) in [5.41, 5.74) is 0. The lowest BCUT2D eigenvalue weighted by molar-refractivity contribution is 0.124. The number of carbonyl (C=O) groups excluding carboxylic acids is 2. The van der Waals surface area contributed by atoms with Crippen molar-refractivity contribution in [3.8, 4) is 0 Å². The molecule has 0 radical (unpaired) electrons. The van der Waals surface area contributed by atoms with Gasteiger partial charge in [0.1, 0.15) is 6.10 Å². The Morgan fingerprint density at radius 2 is 2.50 bits per heavy atom. The normalized spacial score (nSPS) is 20.6. The predicted molar refractivity (Wildman–Crippen MR) is 47.9 cm³/mol. The fraction of sp³-hybridized carbons (Fsp3) is 0.750. The van der Waals surface area contributed by atoms with Gasteiger partial charge in [0.05, 0.1) is 19.7 Å². The van der Waals surface area contributed by atoms with Crippen molar-refractivity contribution in [2.24, 2.45) is 0 Å². The van der Waals surface area contributed by atoms with Gasteiger partial charge in [-0.25, -0.2) is 9.59 Å². The molecule has 0 saturated carbocycles. The van der Waals surface area contributed by atoms with E-state index in [1.807, 2.05) is 0 Å². The smallest absolute Gasteiger partial charge is 0.410 e. The standard InChI is InChI=1S/C8H14N2O4/c1-3-13-7(11)9-4-6-5-10(2)8(12)14-6/h6H,3-5H2,1-2H3,(H,9,11). The summed E-state index contributed by atoms with van der Waals surface area (Å²) >= 11 is 0. The minimum absolute atomic E-state index is 0.281. The monoisotopic (exact) mass is 202 g/mol. The molecule has 2 amide bonds. The molecule has 0 aromatic rings. The number of alkyl carbamates (subject to hydrolysis) is 1. The summed E-state index contributed by atoms with van der Waals surface area (Å²) in [6.07, 6.45) is -1.13. The fourth-order valence-corrected chi connectivity index (χ4v) is 1.14. The average Bonchev–Trinajstić information content (AvgIpc) is 2.44. The number of amides is 2. The second-order valence-electron chi connectivity index (χ2n) is 2.99. The molecule has 1 saturated heterocycles. The molecule has 6 heteroatoms. The van der Waals surface area contributed by atoms with E-state index in [4.69, 9.17) is 4.74 Å². The molecule has 14 heavy (non-hydrogen) atoms. The number of rotatable bonds is 3. The molecule has 1 unspecified atom stereocenters. The first kappa shape index (κ1) is 10.6. The Bertz CT molecular complexity index is 231. The van der Waals surface area contributed by atoms with E-state index >= 15 is 0 Å². The maximum Gasteiger partial charge on any atom is 0.410 e. The molecular formula is C8H14N2O4.